The molecule has 2 aromatic rings. The van der Waals surface area contributed by atoms with Gasteiger partial charge in [-0.05, 0) is 18.2 Å². The molecule has 1 heterocycles. The van der Waals surface area contributed by atoms with Gasteiger partial charge < -0.3 is 11.2 Å². The zero-order valence-electron chi connectivity index (χ0n) is 8.72. The maximum Gasteiger partial charge on any atom is 0.223 e. The van der Waals surface area contributed by atoms with E-state index < -0.39 is 0 Å². The second-order valence-electron chi connectivity index (χ2n) is 3.15. The Hall–Kier alpha value is -1.31. The van der Waals surface area contributed by atoms with Crippen LogP contribution in [0.4, 0.5) is 11.8 Å². The van der Waals surface area contributed by atoms with Crippen LogP contribution < -0.4 is 17.0 Å². The van der Waals surface area contributed by atoms with Crippen LogP contribution in [-0.4, -0.2) is 9.97 Å². The SMILES string of the molecule is NNc1cc(Sc2cccc(Br)c2)nc(N)n1. The monoisotopic (exact) mass is 311 g/mol. The topological polar surface area (TPSA) is 89.8 Å². The lowest BCUT2D eigenvalue weighted by Gasteiger charge is -2.05. The summed E-state index contributed by atoms with van der Waals surface area (Å²) in [6.07, 6.45) is 0. The highest BCUT2D eigenvalue weighted by Crippen LogP contribution is 2.29. The number of hydrogen-bond acceptors (Lipinski definition) is 6. The van der Waals surface area contributed by atoms with E-state index in [9.17, 15) is 0 Å². The van der Waals surface area contributed by atoms with E-state index in [0.717, 1.165) is 14.4 Å². The van der Waals surface area contributed by atoms with Gasteiger partial charge in [0, 0.05) is 15.4 Å². The van der Waals surface area contributed by atoms with Gasteiger partial charge in [-0.3, -0.25) is 0 Å². The van der Waals surface area contributed by atoms with Crippen molar-refractivity contribution >= 4 is 39.5 Å². The number of rotatable bonds is 3. The normalized spacial score (nSPS) is 10.2. The summed E-state index contributed by atoms with van der Waals surface area (Å²) in [5, 5.41) is 0.739. The number of anilines is 2. The summed E-state index contributed by atoms with van der Waals surface area (Å²) in [5.74, 6) is 5.98. The molecule has 1 aromatic carbocycles. The third-order valence-electron chi connectivity index (χ3n) is 1.89. The van der Waals surface area contributed by atoms with Crippen molar-refractivity contribution in [3.8, 4) is 0 Å². The van der Waals surface area contributed by atoms with Gasteiger partial charge in [-0.2, -0.15) is 4.98 Å². The third kappa shape index (κ3) is 3.32. The molecule has 0 unspecified atom stereocenters. The van der Waals surface area contributed by atoms with Gasteiger partial charge in [-0.25, -0.2) is 10.8 Å². The van der Waals surface area contributed by atoms with Gasteiger partial charge in [0.2, 0.25) is 5.95 Å². The number of nitrogens with one attached hydrogen (secondary N) is 1. The van der Waals surface area contributed by atoms with Crippen LogP contribution >= 0.6 is 27.7 Å². The quantitative estimate of drug-likeness (QED) is 0.457. The molecule has 2 rings (SSSR count). The average molecular weight is 312 g/mol. The number of hydrogen-bond donors (Lipinski definition) is 3. The molecule has 0 aliphatic rings. The number of nitrogen functional groups attached to an aromatic ring is 2. The minimum absolute atomic E-state index is 0.193. The van der Waals surface area contributed by atoms with Crippen LogP contribution in [0.25, 0.3) is 0 Å². The zero-order chi connectivity index (χ0) is 12.3. The molecule has 0 bridgehead atoms. The lowest BCUT2D eigenvalue weighted by Crippen LogP contribution is -2.10. The standard InChI is InChI=1S/C10H10BrN5S/c11-6-2-1-3-7(4-6)17-9-5-8(16-13)14-10(12)15-9/h1-5H,13H2,(H3,12,14,15,16). The van der Waals surface area contributed by atoms with Crippen molar-refractivity contribution in [1.82, 2.24) is 9.97 Å². The molecule has 0 spiro atoms. The molecule has 88 valence electrons. The van der Waals surface area contributed by atoms with Crippen LogP contribution in [0.15, 0.2) is 44.7 Å². The molecule has 0 aliphatic heterocycles. The first-order chi connectivity index (χ1) is 8.17. The molecule has 5 nitrogen and oxygen atoms in total. The summed E-state index contributed by atoms with van der Waals surface area (Å²) in [4.78, 5) is 9.10. The fourth-order valence-corrected chi connectivity index (χ4v) is 2.65. The first-order valence-corrected chi connectivity index (χ1v) is 6.33. The highest BCUT2D eigenvalue weighted by molar-refractivity contribution is 9.10. The van der Waals surface area contributed by atoms with Crippen molar-refractivity contribution < 1.29 is 0 Å². The molecule has 5 N–H and O–H groups in total. The summed E-state index contributed by atoms with van der Waals surface area (Å²) < 4.78 is 1.02. The van der Waals surface area contributed by atoms with E-state index in [2.05, 4.69) is 31.3 Å². The minimum Gasteiger partial charge on any atom is -0.368 e. The van der Waals surface area contributed by atoms with E-state index in [1.165, 1.54) is 11.8 Å². The Morgan fingerprint density at radius 2 is 2.06 bits per heavy atom. The Bertz CT molecular complexity index is 534. The van der Waals surface area contributed by atoms with Gasteiger partial charge in [-0.1, -0.05) is 33.8 Å². The Morgan fingerprint density at radius 1 is 1.24 bits per heavy atom. The summed E-state index contributed by atoms with van der Waals surface area (Å²) >= 11 is 4.90. The fourth-order valence-electron chi connectivity index (χ4n) is 1.22. The minimum atomic E-state index is 0.193. The molecule has 0 fully saturated rings. The molecule has 0 radical (unpaired) electrons. The highest BCUT2D eigenvalue weighted by atomic mass is 79.9. The Labute approximate surface area is 111 Å². The maximum absolute atomic E-state index is 5.58. The van der Waals surface area contributed by atoms with E-state index in [4.69, 9.17) is 11.6 Å². The van der Waals surface area contributed by atoms with Gasteiger partial charge >= 0.3 is 0 Å². The predicted octanol–water partition coefficient (Wildman–Crippen LogP) is 2.26. The second-order valence-corrected chi connectivity index (χ2v) is 5.16. The molecule has 0 aliphatic carbocycles. The highest BCUT2D eigenvalue weighted by Gasteiger charge is 2.04. The molecule has 17 heavy (non-hydrogen) atoms. The van der Waals surface area contributed by atoms with Gasteiger partial charge in [0.25, 0.3) is 0 Å². The first kappa shape index (κ1) is 12.2. The molecular formula is C10H10BrN5S. The smallest absolute Gasteiger partial charge is 0.223 e. The van der Waals surface area contributed by atoms with Crippen LogP contribution in [0, 0.1) is 0 Å². The van der Waals surface area contributed by atoms with Crippen molar-refractivity contribution in [3.63, 3.8) is 0 Å². The largest absolute Gasteiger partial charge is 0.368 e. The molecule has 1 aromatic heterocycles. The Kier molecular flexibility index (Phi) is 3.82. The summed E-state index contributed by atoms with van der Waals surface area (Å²) in [6, 6.07) is 9.65. The summed E-state index contributed by atoms with van der Waals surface area (Å²) in [6.45, 7) is 0. The van der Waals surface area contributed by atoms with Crippen molar-refractivity contribution in [2.75, 3.05) is 11.2 Å². The first-order valence-electron chi connectivity index (χ1n) is 4.72. The van der Waals surface area contributed by atoms with Crippen LogP contribution in [0.3, 0.4) is 0 Å². The van der Waals surface area contributed by atoms with E-state index in [1.807, 2.05) is 24.3 Å². The average Bonchev–Trinajstić information content (AvgIpc) is 2.28. The Morgan fingerprint density at radius 3 is 2.76 bits per heavy atom. The van der Waals surface area contributed by atoms with E-state index in [-0.39, 0.29) is 5.95 Å². The maximum atomic E-state index is 5.58. The van der Waals surface area contributed by atoms with Crippen molar-refractivity contribution in [2.24, 2.45) is 5.84 Å². The predicted molar refractivity (Wildman–Crippen MR) is 72.5 cm³/mol. The van der Waals surface area contributed by atoms with E-state index in [0.29, 0.717) is 5.82 Å². The Balaban J connectivity index is 2.26. The van der Waals surface area contributed by atoms with Gasteiger partial charge in [0.15, 0.2) is 0 Å². The van der Waals surface area contributed by atoms with Crippen molar-refractivity contribution in [2.45, 2.75) is 9.92 Å². The molecule has 0 saturated carbocycles. The van der Waals surface area contributed by atoms with Gasteiger partial charge in [0.1, 0.15) is 10.8 Å². The number of aromatic nitrogens is 2. The number of benzene rings is 1. The van der Waals surface area contributed by atoms with E-state index in [1.54, 1.807) is 6.07 Å². The molecular weight excluding hydrogens is 302 g/mol. The van der Waals surface area contributed by atoms with Crippen LogP contribution in [0.5, 0.6) is 0 Å². The van der Waals surface area contributed by atoms with Gasteiger partial charge in [-0.15, -0.1) is 0 Å². The lowest BCUT2D eigenvalue weighted by molar-refractivity contribution is 1.05. The molecule has 0 amide bonds. The zero-order valence-corrected chi connectivity index (χ0v) is 11.1. The summed E-state index contributed by atoms with van der Waals surface area (Å²) in [5.41, 5.74) is 8.03. The number of nitrogens with two attached hydrogens (primary N) is 2. The molecule has 0 saturated heterocycles. The fraction of sp³-hybridized carbons (Fsp3) is 0. The van der Waals surface area contributed by atoms with Crippen molar-refractivity contribution in [3.05, 3.63) is 34.8 Å². The second kappa shape index (κ2) is 5.35. The third-order valence-corrected chi connectivity index (χ3v) is 3.29. The molecule has 7 heteroatoms. The van der Waals surface area contributed by atoms with Gasteiger partial charge in [0.05, 0.1) is 0 Å². The van der Waals surface area contributed by atoms with Crippen LogP contribution in [0.2, 0.25) is 0 Å². The van der Waals surface area contributed by atoms with E-state index >= 15 is 0 Å². The van der Waals surface area contributed by atoms with Crippen molar-refractivity contribution in [1.29, 1.82) is 0 Å². The number of nitrogens with zero attached hydrogens (tertiary/aromatic N) is 2. The number of hydrazine groups is 1. The number of halogens is 1. The van der Waals surface area contributed by atoms with Crippen LogP contribution in [0.1, 0.15) is 0 Å². The summed E-state index contributed by atoms with van der Waals surface area (Å²) in [7, 11) is 0. The molecule has 0 atom stereocenters. The van der Waals surface area contributed by atoms with Crippen LogP contribution in [-0.2, 0) is 0 Å². The lowest BCUT2D eigenvalue weighted by atomic mass is 10.4.